The number of hydrogen-bond acceptors (Lipinski definition) is 2. The van der Waals surface area contributed by atoms with E-state index in [9.17, 15) is 4.79 Å². The highest BCUT2D eigenvalue weighted by Crippen LogP contribution is 2.16. The molecule has 0 radical (unpaired) electrons. The molecule has 76 valence electrons. The third-order valence-corrected chi connectivity index (χ3v) is 3.05. The van der Waals surface area contributed by atoms with E-state index in [1.165, 1.54) is 12.8 Å². The minimum absolute atomic E-state index is 0.308. The van der Waals surface area contributed by atoms with E-state index in [1.807, 2.05) is 0 Å². The Kier molecular flexibility index (Phi) is 4.43. The molecule has 13 heavy (non-hydrogen) atoms. The van der Waals surface area contributed by atoms with Crippen LogP contribution in [0, 0.1) is 5.92 Å². The van der Waals surface area contributed by atoms with E-state index in [1.54, 1.807) is 0 Å². The normalized spacial score (nSPS) is 22.5. The zero-order valence-corrected chi connectivity index (χ0v) is 8.81. The van der Waals surface area contributed by atoms with Crippen LogP contribution in [-0.2, 0) is 4.79 Å². The van der Waals surface area contributed by atoms with Crippen molar-refractivity contribution < 1.29 is 4.79 Å². The standard InChI is InChI=1S/C11H21NO/c1-3-9(4-2)11(13)8-10-6-5-7-12-10/h9-10,12H,3-8H2,1-2H3. The first-order valence-corrected chi connectivity index (χ1v) is 5.54. The van der Waals surface area contributed by atoms with Crippen LogP contribution in [-0.4, -0.2) is 18.4 Å². The van der Waals surface area contributed by atoms with Gasteiger partial charge in [-0.25, -0.2) is 0 Å². The maximum Gasteiger partial charge on any atom is 0.137 e. The minimum Gasteiger partial charge on any atom is -0.314 e. The first-order chi connectivity index (χ1) is 6.27. The Bertz CT molecular complexity index is 157. The van der Waals surface area contributed by atoms with Crippen LogP contribution in [0.5, 0.6) is 0 Å². The molecule has 0 saturated carbocycles. The van der Waals surface area contributed by atoms with E-state index in [0.717, 1.165) is 25.8 Å². The molecular weight excluding hydrogens is 162 g/mol. The van der Waals surface area contributed by atoms with Crippen molar-refractivity contribution in [2.24, 2.45) is 5.92 Å². The van der Waals surface area contributed by atoms with Gasteiger partial charge in [0.05, 0.1) is 0 Å². The van der Waals surface area contributed by atoms with Crippen LogP contribution in [0.4, 0.5) is 0 Å². The van der Waals surface area contributed by atoms with Crippen molar-refractivity contribution in [3.8, 4) is 0 Å². The largest absolute Gasteiger partial charge is 0.314 e. The molecule has 0 bridgehead atoms. The Morgan fingerprint density at radius 3 is 2.62 bits per heavy atom. The summed E-state index contributed by atoms with van der Waals surface area (Å²) >= 11 is 0. The van der Waals surface area contributed by atoms with E-state index in [4.69, 9.17) is 0 Å². The summed E-state index contributed by atoms with van der Waals surface area (Å²) in [6, 6.07) is 0.480. The molecule has 1 N–H and O–H groups in total. The molecule has 2 heteroatoms. The Balaban J connectivity index is 2.29. The van der Waals surface area contributed by atoms with Gasteiger partial charge in [-0.05, 0) is 32.2 Å². The van der Waals surface area contributed by atoms with E-state index in [2.05, 4.69) is 19.2 Å². The molecule has 0 spiro atoms. The van der Waals surface area contributed by atoms with Crippen molar-refractivity contribution in [3.63, 3.8) is 0 Å². The third-order valence-electron chi connectivity index (χ3n) is 3.05. The van der Waals surface area contributed by atoms with Gasteiger partial charge in [-0.3, -0.25) is 4.79 Å². The maximum absolute atomic E-state index is 11.7. The summed E-state index contributed by atoms with van der Waals surface area (Å²) in [5.41, 5.74) is 0. The van der Waals surface area contributed by atoms with Crippen molar-refractivity contribution in [1.82, 2.24) is 5.32 Å². The van der Waals surface area contributed by atoms with Crippen molar-refractivity contribution >= 4 is 5.78 Å². The Morgan fingerprint density at radius 2 is 2.15 bits per heavy atom. The van der Waals surface area contributed by atoms with Crippen LogP contribution in [0.1, 0.15) is 46.0 Å². The number of hydrogen-bond donors (Lipinski definition) is 1. The van der Waals surface area contributed by atoms with Gasteiger partial charge in [0.1, 0.15) is 5.78 Å². The summed E-state index contributed by atoms with van der Waals surface area (Å²) in [5.74, 6) is 0.770. The molecule has 1 saturated heterocycles. The van der Waals surface area contributed by atoms with Crippen LogP contribution in [0.15, 0.2) is 0 Å². The second-order valence-corrected chi connectivity index (χ2v) is 3.98. The zero-order valence-electron chi connectivity index (χ0n) is 8.81. The monoisotopic (exact) mass is 183 g/mol. The van der Waals surface area contributed by atoms with Gasteiger partial charge in [-0.15, -0.1) is 0 Å². The highest BCUT2D eigenvalue weighted by molar-refractivity contribution is 5.81. The van der Waals surface area contributed by atoms with Crippen molar-refractivity contribution in [3.05, 3.63) is 0 Å². The lowest BCUT2D eigenvalue weighted by molar-refractivity contribution is -0.123. The first kappa shape index (κ1) is 10.7. The number of ketones is 1. The molecule has 0 aromatic rings. The number of Topliss-reactive ketones (excluding diaryl/α,β-unsaturated/α-hetero) is 1. The molecule has 2 nitrogen and oxygen atoms in total. The third kappa shape index (κ3) is 3.11. The summed E-state index contributed by atoms with van der Waals surface area (Å²) in [4.78, 5) is 11.7. The smallest absolute Gasteiger partial charge is 0.137 e. The van der Waals surface area contributed by atoms with Gasteiger partial charge in [0.2, 0.25) is 0 Å². The summed E-state index contributed by atoms with van der Waals surface area (Å²) in [7, 11) is 0. The van der Waals surface area contributed by atoms with Crippen molar-refractivity contribution in [2.45, 2.75) is 52.0 Å². The van der Waals surface area contributed by atoms with E-state index in [0.29, 0.717) is 17.7 Å². The average molecular weight is 183 g/mol. The second-order valence-electron chi connectivity index (χ2n) is 3.98. The number of carbonyl (C=O) groups is 1. The zero-order chi connectivity index (χ0) is 9.68. The molecule has 0 aliphatic carbocycles. The Labute approximate surface area is 81.1 Å². The predicted octanol–water partition coefficient (Wildman–Crippen LogP) is 2.13. The summed E-state index contributed by atoms with van der Waals surface area (Å²) in [6.07, 6.45) is 5.18. The van der Waals surface area contributed by atoms with Gasteiger partial charge >= 0.3 is 0 Å². The fourth-order valence-corrected chi connectivity index (χ4v) is 2.08. The van der Waals surface area contributed by atoms with E-state index < -0.39 is 0 Å². The highest BCUT2D eigenvalue weighted by Gasteiger charge is 2.21. The second kappa shape index (κ2) is 5.38. The summed E-state index contributed by atoms with van der Waals surface area (Å²) in [5, 5.41) is 3.37. The molecule has 0 amide bonds. The molecule has 1 heterocycles. The summed E-state index contributed by atoms with van der Waals surface area (Å²) < 4.78 is 0. The molecule has 0 aromatic carbocycles. The predicted molar refractivity (Wildman–Crippen MR) is 54.7 cm³/mol. The molecule has 1 rings (SSSR count). The van der Waals surface area contributed by atoms with Crippen molar-refractivity contribution in [1.29, 1.82) is 0 Å². The topological polar surface area (TPSA) is 29.1 Å². The number of carbonyl (C=O) groups excluding carboxylic acids is 1. The van der Waals surface area contributed by atoms with E-state index in [-0.39, 0.29) is 0 Å². The van der Waals surface area contributed by atoms with Gasteiger partial charge in [-0.1, -0.05) is 13.8 Å². The van der Waals surface area contributed by atoms with Gasteiger partial charge < -0.3 is 5.32 Å². The van der Waals surface area contributed by atoms with Gasteiger partial charge in [0.25, 0.3) is 0 Å². The first-order valence-electron chi connectivity index (χ1n) is 5.54. The van der Waals surface area contributed by atoms with Crippen LogP contribution in [0.3, 0.4) is 0 Å². The highest BCUT2D eigenvalue weighted by atomic mass is 16.1. The lowest BCUT2D eigenvalue weighted by atomic mass is 9.93. The van der Waals surface area contributed by atoms with Crippen LogP contribution < -0.4 is 5.32 Å². The Hall–Kier alpha value is -0.370. The summed E-state index contributed by atoms with van der Waals surface area (Å²) in [6.45, 7) is 5.31. The number of nitrogens with one attached hydrogen (secondary N) is 1. The van der Waals surface area contributed by atoms with Crippen LogP contribution >= 0.6 is 0 Å². The molecule has 1 aliphatic rings. The van der Waals surface area contributed by atoms with Gasteiger partial charge in [0, 0.05) is 18.4 Å². The average Bonchev–Trinajstić information content (AvgIpc) is 2.59. The fraction of sp³-hybridized carbons (Fsp3) is 0.909. The lowest BCUT2D eigenvalue weighted by Gasteiger charge is -2.14. The molecule has 1 atom stereocenters. The van der Waals surface area contributed by atoms with E-state index >= 15 is 0 Å². The molecule has 1 fully saturated rings. The molecular formula is C11H21NO. The van der Waals surface area contributed by atoms with Crippen molar-refractivity contribution in [2.75, 3.05) is 6.54 Å². The molecule has 0 aromatic heterocycles. The Morgan fingerprint density at radius 1 is 1.46 bits per heavy atom. The quantitative estimate of drug-likeness (QED) is 0.707. The SMILES string of the molecule is CCC(CC)C(=O)CC1CCCN1. The number of rotatable bonds is 5. The molecule has 1 unspecified atom stereocenters. The fourth-order valence-electron chi connectivity index (χ4n) is 2.08. The maximum atomic E-state index is 11.7. The molecule has 1 aliphatic heterocycles. The van der Waals surface area contributed by atoms with Crippen LogP contribution in [0.25, 0.3) is 0 Å². The van der Waals surface area contributed by atoms with Gasteiger partial charge in [0.15, 0.2) is 0 Å². The lowest BCUT2D eigenvalue weighted by Crippen LogP contribution is -2.27. The van der Waals surface area contributed by atoms with Gasteiger partial charge in [-0.2, -0.15) is 0 Å². The minimum atomic E-state index is 0.308. The van der Waals surface area contributed by atoms with Crippen LogP contribution in [0.2, 0.25) is 0 Å².